The second-order valence-corrected chi connectivity index (χ2v) is 2.42. The van der Waals surface area contributed by atoms with Gasteiger partial charge in [0.25, 0.3) is 5.92 Å². The maximum atomic E-state index is 12.1. The third-order valence-corrected chi connectivity index (χ3v) is 1.82. The fourth-order valence-corrected chi connectivity index (χ4v) is 0.830. The van der Waals surface area contributed by atoms with Crippen LogP contribution in [0.25, 0.3) is 0 Å². The van der Waals surface area contributed by atoms with Gasteiger partial charge in [-0.15, -0.1) is 0 Å². The number of hydrogen-bond donors (Lipinski definition) is 1. The van der Waals surface area contributed by atoms with Gasteiger partial charge in [0, 0.05) is 18.4 Å². The first-order valence-electron chi connectivity index (χ1n) is 2.67. The van der Waals surface area contributed by atoms with Crippen LogP contribution in [0.15, 0.2) is 0 Å². The van der Waals surface area contributed by atoms with Crippen molar-refractivity contribution in [1.29, 1.82) is 0 Å². The zero-order chi connectivity index (χ0) is 6.36. The maximum absolute atomic E-state index is 12.1. The summed E-state index contributed by atoms with van der Waals surface area (Å²) in [6, 6.07) is -0.273. The molecular formula is C5H9F2N. The molecule has 0 saturated heterocycles. The van der Waals surface area contributed by atoms with Crippen molar-refractivity contribution in [2.45, 2.75) is 25.3 Å². The highest BCUT2D eigenvalue weighted by atomic mass is 19.3. The van der Waals surface area contributed by atoms with Crippen LogP contribution < -0.4 is 5.73 Å². The van der Waals surface area contributed by atoms with Crippen LogP contribution in [0.5, 0.6) is 0 Å². The molecule has 3 heteroatoms. The van der Waals surface area contributed by atoms with E-state index in [0.29, 0.717) is 0 Å². The number of alkyl halides is 2. The van der Waals surface area contributed by atoms with Crippen molar-refractivity contribution in [2.75, 3.05) is 0 Å². The molecule has 0 heterocycles. The van der Waals surface area contributed by atoms with E-state index in [4.69, 9.17) is 5.73 Å². The molecule has 0 aliphatic heterocycles. The highest BCUT2D eigenvalue weighted by Crippen LogP contribution is 2.41. The molecule has 1 saturated carbocycles. The van der Waals surface area contributed by atoms with Gasteiger partial charge in [0.05, 0.1) is 0 Å². The Morgan fingerprint density at radius 1 is 1.62 bits per heavy atom. The van der Waals surface area contributed by atoms with Crippen molar-refractivity contribution in [1.82, 2.24) is 0 Å². The van der Waals surface area contributed by atoms with Crippen molar-refractivity contribution < 1.29 is 8.78 Å². The van der Waals surface area contributed by atoms with Crippen LogP contribution in [-0.4, -0.2) is 12.0 Å². The lowest BCUT2D eigenvalue weighted by atomic mass is 9.77. The largest absolute Gasteiger partial charge is 0.327 e. The van der Waals surface area contributed by atoms with E-state index in [2.05, 4.69) is 0 Å². The Balaban J connectivity index is 2.47. The molecular weight excluding hydrogens is 112 g/mol. The summed E-state index contributed by atoms with van der Waals surface area (Å²) in [5.41, 5.74) is 5.22. The van der Waals surface area contributed by atoms with E-state index in [1.165, 1.54) is 6.92 Å². The van der Waals surface area contributed by atoms with E-state index < -0.39 is 11.8 Å². The summed E-state index contributed by atoms with van der Waals surface area (Å²) in [5.74, 6) is -3.08. The molecule has 0 aromatic carbocycles. The van der Waals surface area contributed by atoms with E-state index in [-0.39, 0.29) is 12.5 Å². The lowest BCUT2D eigenvalue weighted by Crippen LogP contribution is -2.54. The normalized spacial score (nSPS) is 43.5. The first-order chi connectivity index (χ1) is 3.54. The Hall–Kier alpha value is -0.180. The van der Waals surface area contributed by atoms with Gasteiger partial charge in [0.15, 0.2) is 0 Å². The zero-order valence-corrected chi connectivity index (χ0v) is 4.70. The van der Waals surface area contributed by atoms with Crippen molar-refractivity contribution >= 4 is 0 Å². The van der Waals surface area contributed by atoms with Crippen LogP contribution in [-0.2, 0) is 0 Å². The molecule has 1 aliphatic carbocycles. The molecule has 48 valence electrons. The molecule has 0 radical (unpaired) electrons. The summed E-state index contributed by atoms with van der Waals surface area (Å²) in [6.07, 6.45) is -0.131. The monoisotopic (exact) mass is 121 g/mol. The fraction of sp³-hybridized carbons (Fsp3) is 1.00. The molecule has 0 spiro atoms. The van der Waals surface area contributed by atoms with Crippen molar-refractivity contribution in [3.05, 3.63) is 0 Å². The van der Waals surface area contributed by atoms with E-state index in [1.54, 1.807) is 0 Å². The molecule has 8 heavy (non-hydrogen) atoms. The third-order valence-electron chi connectivity index (χ3n) is 1.82. The molecule has 2 N–H and O–H groups in total. The van der Waals surface area contributed by atoms with Crippen LogP contribution in [0, 0.1) is 5.92 Å². The molecule has 0 bridgehead atoms. The summed E-state index contributed by atoms with van der Waals surface area (Å²) in [7, 11) is 0. The topological polar surface area (TPSA) is 26.0 Å². The first kappa shape index (κ1) is 5.95. The van der Waals surface area contributed by atoms with Gasteiger partial charge in [-0.3, -0.25) is 0 Å². The summed E-state index contributed by atoms with van der Waals surface area (Å²) >= 11 is 0. The van der Waals surface area contributed by atoms with Crippen LogP contribution >= 0.6 is 0 Å². The molecule has 1 rings (SSSR count). The maximum Gasteiger partial charge on any atom is 0.253 e. The van der Waals surface area contributed by atoms with Gasteiger partial charge >= 0.3 is 0 Å². The Labute approximate surface area is 46.9 Å². The second-order valence-electron chi connectivity index (χ2n) is 2.42. The second kappa shape index (κ2) is 1.41. The average Bonchev–Trinajstić information content (AvgIpc) is 1.65. The van der Waals surface area contributed by atoms with Crippen LogP contribution in [0.3, 0.4) is 0 Å². The molecule has 1 fully saturated rings. The van der Waals surface area contributed by atoms with Gasteiger partial charge in [-0.05, 0) is 0 Å². The average molecular weight is 121 g/mol. The van der Waals surface area contributed by atoms with E-state index in [0.717, 1.165) is 0 Å². The predicted octanol–water partition coefficient (Wildman–Crippen LogP) is 0.989. The minimum Gasteiger partial charge on any atom is -0.327 e. The van der Waals surface area contributed by atoms with Gasteiger partial charge in [0.1, 0.15) is 0 Å². The predicted molar refractivity (Wildman–Crippen MR) is 26.7 cm³/mol. The van der Waals surface area contributed by atoms with E-state index >= 15 is 0 Å². The summed E-state index contributed by atoms with van der Waals surface area (Å²) in [5, 5.41) is 0. The van der Waals surface area contributed by atoms with Crippen LogP contribution in [0.1, 0.15) is 13.3 Å². The van der Waals surface area contributed by atoms with Crippen molar-refractivity contribution in [3.63, 3.8) is 0 Å². The number of hydrogen-bond acceptors (Lipinski definition) is 1. The Morgan fingerprint density at radius 3 is 2.12 bits per heavy atom. The molecule has 2 unspecified atom stereocenters. The smallest absolute Gasteiger partial charge is 0.253 e. The van der Waals surface area contributed by atoms with Gasteiger partial charge < -0.3 is 5.73 Å². The van der Waals surface area contributed by atoms with Gasteiger partial charge in [-0.25, -0.2) is 8.78 Å². The lowest BCUT2D eigenvalue weighted by Gasteiger charge is -2.39. The number of halogens is 2. The lowest BCUT2D eigenvalue weighted by molar-refractivity contribution is -0.137. The Bertz CT molecular complexity index is 103. The molecule has 0 amide bonds. The summed E-state index contributed by atoms with van der Waals surface area (Å²) in [6.45, 7) is 1.48. The highest BCUT2D eigenvalue weighted by molar-refractivity contribution is 4.95. The van der Waals surface area contributed by atoms with Gasteiger partial charge in [-0.2, -0.15) is 0 Å². The number of nitrogens with two attached hydrogens (primary N) is 1. The molecule has 1 nitrogen and oxygen atoms in total. The quantitative estimate of drug-likeness (QED) is 0.508. The SMILES string of the molecule is CC1C(N)CC1(F)F. The van der Waals surface area contributed by atoms with E-state index in [1.807, 2.05) is 0 Å². The minimum atomic E-state index is -2.47. The molecule has 0 aromatic heterocycles. The van der Waals surface area contributed by atoms with Gasteiger partial charge in [0.2, 0.25) is 0 Å². The molecule has 2 atom stereocenters. The Kier molecular flexibility index (Phi) is 1.05. The minimum absolute atomic E-state index is 0.131. The third kappa shape index (κ3) is 0.616. The number of rotatable bonds is 0. The fourth-order valence-electron chi connectivity index (χ4n) is 0.830. The van der Waals surface area contributed by atoms with Crippen LogP contribution in [0.2, 0.25) is 0 Å². The zero-order valence-electron chi connectivity index (χ0n) is 4.70. The molecule has 1 aliphatic rings. The van der Waals surface area contributed by atoms with Crippen LogP contribution in [0.4, 0.5) is 8.78 Å². The molecule has 0 aromatic rings. The van der Waals surface area contributed by atoms with Crippen molar-refractivity contribution in [3.8, 4) is 0 Å². The summed E-state index contributed by atoms with van der Waals surface area (Å²) in [4.78, 5) is 0. The van der Waals surface area contributed by atoms with Gasteiger partial charge in [-0.1, -0.05) is 6.92 Å². The van der Waals surface area contributed by atoms with E-state index in [9.17, 15) is 8.78 Å². The Morgan fingerprint density at radius 2 is 2.12 bits per heavy atom. The first-order valence-corrected chi connectivity index (χ1v) is 2.67. The standard InChI is InChI=1S/C5H9F2N/c1-3-4(8)2-5(3,6)7/h3-4H,2,8H2,1H3. The highest BCUT2D eigenvalue weighted by Gasteiger charge is 2.51. The summed E-state index contributed by atoms with van der Waals surface area (Å²) < 4.78 is 24.2. The van der Waals surface area contributed by atoms with Crippen molar-refractivity contribution in [2.24, 2.45) is 11.7 Å².